The molecule has 4 heteroatoms. The fraction of sp³-hybridized carbons (Fsp3) is 0.625. The zero-order valence-electron chi connectivity index (χ0n) is 12.2. The van der Waals surface area contributed by atoms with Crippen molar-refractivity contribution in [2.75, 3.05) is 13.7 Å². The van der Waals surface area contributed by atoms with Gasteiger partial charge in [-0.1, -0.05) is 18.6 Å². The van der Waals surface area contributed by atoms with Crippen LogP contribution in [0.15, 0.2) is 24.3 Å². The van der Waals surface area contributed by atoms with Gasteiger partial charge < -0.3 is 15.6 Å². The van der Waals surface area contributed by atoms with Crippen LogP contribution in [0.4, 0.5) is 4.39 Å². The van der Waals surface area contributed by atoms with Crippen molar-refractivity contribution in [1.82, 2.24) is 0 Å². The molecule has 0 amide bonds. The van der Waals surface area contributed by atoms with E-state index in [1.165, 1.54) is 12.1 Å². The Kier molecular flexibility index (Phi) is 4.47. The van der Waals surface area contributed by atoms with Crippen LogP contribution >= 0.6 is 0 Å². The molecule has 0 aliphatic heterocycles. The number of ether oxygens (including phenoxy) is 1. The molecule has 1 aromatic carbocycles. The molecule has 0 radical (unpaired) electrons. The van der Waals surface area contributed by atoms with Gasteiger partial charge in [0.2, 0.25) is 0 Å². The molecule has 2 atom stereocenters. The molecule has 112 valence electrons. The van der Waals surface area contributed by atoms with Crippen LogP contribution in [0.3, 0.4) is 0 Å². The largest absolute Gasteiger partial charge is 0.388 e. The second-order valence-electron chi connectivity index (χ2n) is 6.26. The molecule has 3 nitrogen and oxygen atoms in total. The normalized spacial score (nSPS) is 21.9. The molecule has 20 heavy (non-hydrogen) atoms. The van der Waals surface area contributed by atoms with E-state index in [0.29, 0.717) is 6.42 Å². The van der Waals surface area contributed by atoms with Crippen LogP contribution in [-0.2, 0) is 10.2 Å². The van der Waals surface area contributed by atoms with Crippen LogP contribution in [0.5, 0.6) is 0 Å². The first-order valence-corrected chi connectivity index (χ1v) is 7.13. The third-order valence-corrected chi connectivity index (χ3v) is 4.49. The van der Waals surface area contributed by atoms with E-state index in [1.54, 1.807) is 14.0 Å². The Morgan fingerprint density at radius 2 is 2.00 bits per heavy atom. The lowest BCUT2D eigenvalue weighted by molar-refractivity contribution is -0.0362. The molecule has 1 aromatic rings. The Morgan fingerprint density at radius 3 is 2.45 bits per heavy atom. The van der Waals surface area contributed by atoms with Gasteiger partial charge in [-0.3, -0.25) is 0 Å². The highest BCUT2D eigenvalue weighted by molar-refractivity contribution is 5.31. The van der Waals surface area contributed by atoms with Gasteiger partial charge in [0.25, 0.3) is 0 Å². The van der Waals surface area contributed by atoms with Crippen molar-refractivity contribution in [3.05, 3.63) is 35.6 Å². The molecule has 0 saturated heterocycles. The van der Waals surface area contributed by atoms with Crippen LogP contribution in [0.1, 0.15) is 38.2 Å². The van der Waals surface area contributed by atoms with E-state index in [0.717, 1.165) is 24.8 Å². The first-order chi connectivity index (χ1) is 9.39. The standard InChI is InChI=1S/C16H24FNO2/c1-15(19,11-20-2)10-14(18)16(8-3-9-16)12-4-6-13(17)7-5-12/h4-7,14,19H,3,8-11,18H2,1-2H3. The van der Waals surface area contributed by atoms with Crippen LogP contribution < -0.4 is 5.73 Å². The van der Waals surface area contributed by atoms with E-state index in [1.807, 2.05) is 12.1 Å². The lowest BCUT2D eigenvalue weighted by Gasteiger charge is -2.48. The Morgan fingerprint density at radius 1 is 1.40 bits per heavy atom. The van der Waals surface area contributed by atoms with Crippen molar-refractivity contribution >= 4 is 0 Å². The van der Waals surface area contributed by atoms with E-state index in [4.69, 9.17) is 10.5 Å². The molecule has 3 N–H and O–H groups in total. The Hall–Kier alpha value is -0.970. The summed E-state index contributed by atoms with van der Waals surface area (Å²) in [6, 6.07) is 6.44. The van der Waals surface area contributed by atoms with Crippen LogP contribution in [-0.4, -0.2) is 30.5 Å². The Bertz CT molecular complexity index is 440. The fourth-order valence-electron chi connectivity index (χ4n) is 3.25. The van der Waals surface area contributed by atoms with Crippen molar-refractivity contribution in [3.8, 4) is 0 Å². The number of rotatable bonds is 6. The fourth-order valence-corrected chi connectivity index (χ4v) is 3.25. The second kappa shape index (κ2) is 5.80. The zero-order chi connectivity index (χ0) is 14.8. The molecule has 0 spiro atoms. The number of benzene rings is 1. The van der Waals surface area contributed by atoms with E-state index >= 15 is 0 Å². The lowest BCUT2D eigenvalue weighted by Crippen LogP contribution is -2.54. The minimum absolute atomic E-state index is 0.134. The van der Waals surface area contributed by atoms with Crippen molar-refractivity contribution in [2.45, 2.75) is 49.7 Å². The molecule has 1 aliphatic carbocycles. The Balaban J connectivity index is 2.16. The SMILES string of the molecule is COCC(C)(O)CC(N)C1(c2ccc(F)cc2)CCC1. The summed E-state index contributed by atoms with van der Waals surface area (Å²) in [5.74, 6) is -0.233. The van der Waals surface area contributed by atoms with Gasteiger partial charge in [-0.15, -0.1) is 0 Å². The predicted molar refractivity (Wildman–Crippen MR) is 77.0 cm³/mol. The van der Waals surface area contributed by atoms with Crippen LogP contribution in [0.25, 0.3) is 0 Å². The number of nitrogens with two attached hydrogens (primary N) is 1. The maximum Gasteiger partial charge on any atom is 0.123 e. The van der Waals surface area contributed by atoms with E-state index in [9.17, 15) is 9.50 Å². The maximum atomic E-state index is 13.1. The highest BCUT2D eigenvalue weighted by Crippen LogP contribution is 2.47. The van der Waals surface area contributed by atoms with Crippen molar-refractivity contribution in [3.63, 3.8) is 0 Å². The van der Waals surface area contributed by atoms with E-state index < -0.39 is 5.60 Å². The summed E-state index contributed by atoms with van der Waals surface area (Å²) in [7, 11) is 1.57. The van der Waals surface area contributed by atoms with Gasteiger partial charge in [-0.2, -0.15) is 0 Å². The monoisotopic (exact) mass is 281 g/mol. The van der Waals surface area contributed by atoms with Gasteiger partial charge in [0.05, 0.1) is 12.2 Å². The van der Waals surface area contributed by atoms with Gasteiger partial charge in [0.15, 0.2) is 0 Å². The minimum atomic E-state index is -0.934. The summed E-state index contributed by atoms with van der Waals surface area (Å²) in [5.41, 5.74) is 6.40. The number of halogens is 1. The van der Waals surface area contributed by atoms with Crippen molar-refractivity contribution in [1.29, 1.82) is 0 Å². The summed E-state index contributed by atoms with van der Waals surface area (Å²) in [6.07, 6.45) is 3.57. The molecule has 0 bridgehead atoms. The van der Waals surface area contributed by atoms with Gasteiger partial charge in [-0.05, 0) is 43.9 Å². The number of methoxy groups -OCH3 is 1. The average Bonchev–Trinajstić information content (AvgIpc) is 2.29. The predicted octanol–water partition coefficient (Wildman–Crippen LogP) is 2.36. The molecule has 0 heterocycles. The molecule has 1 saturated carbocycles. The topological polar surface area (TPSA) is 55.5 Å². The number of hydrogen-bond acceptors (Lipinski definition) is 3. The smallest absolute Gasteiger partial charge is 0.123 e. The highest BCUT2D eigenvalue weighted by atomic mass is 19.1. The quantitative estimate of drug-likeness (QED) is 0.841. The number of aliphatic hydroxyl groups is 1. The van der Waals surface area contributed by atoms with Crippen LogP contribution in [0, 0.1) is 5.82 Å². The zero-order valence-corrected chi connectivity index (χ0v) is 12.2. The van der Waals surface area contributed by atoms with Crippen molar-refractivity contribution in [2.24, 2.45) is 5.73 Å². The molecular weight excluding hydrogens is 257 g/mol. The number of hydrogen-bond donors (Lipinski definition) is 2. The molecular formula is C16H24FNO2. The lowest BCUT2D eigenvalue weighted by atomic mass is 9.59. The summed E-state index contributed by atoms with van der Waals surface area (Å²) in [4.78, 5) is 0. The molecule has 2 rings (SSSR count). The third-order valence-electron chi connectivity index (χ3n) is 4.49. The van der Waals surface area contributed by atoms with E-state index in [-0.39, 0.29) is 23.9 Å². The molecule has 0 aromatic heterocycles. The third kappa shape index (κ3) is 3.03. The summed E-state index contributed by atoms with van der Waals surface area (Å²) >= 11 is 0. The summed E-state index contributed by atoms with van der Waals surface area (Å²) < 4.78 is 18.1. The Labute approximate surface area is 119 Å². The van der Waals surface area contributed by atoms with Gasteiger partial charge in [-0.25, -0.2) is 4.39 Å². The maximum absolute atomic E-state index is 13.1. The first kappa shape index (κ1) is 15.4. The van der Waals surface area contributed by atoms with Gasteiger partial charge in [0, 0.05) is 18.6 Å². The van der Waals surface area contributed by atoms with E-state index in [2.05, 4.69) is 0 Å². The molecule has 2 unspecified atom stereocenters. The molecule has 1 aliphatic rings. The van der Waals surface area contributed by atoms with Gasteiger partial charge in [0.1, 0.15) is 5.82 Å². The van der Waals surface area contributed by atoms with Gasteiger partial charge >= 0.3 is 0 Å². The second-order valence-corrected chi connectivity index (χ2v) is 6.26. The summed E-state index contributed by atoms with van der Waals surface area (Å²) in [5, 5.41) is 10.3. The average molecular weight is 281 g/mol. The summed E-state index contributed by atoms with van der Waals surface area (Å²) in [6.45, 7) is 2.01. The van der Waals surface area contributed by atoms with Crippen molar-refractivity contribution < 1.29 is 14.2 Å². The van der Waals surface area contributed by atoms with Crippen LogP contribution in [0.2, 0.25) is 0 Å². The highest BCUT2D eigenvalue weighted by Gasteiger charge is 2.45. The molecule has 1 fully saturated rings. The minimum Gasteiger partial charge on any atom is -0.388 e. The first-order valence-electron chi connectivity index (χ1n) is 7.13.